The van der Waals surface area contributed by atoms with Crippen molar-refractivity contribution >= 4 is 21.4 Å². The van der Waals surface area contributed by atoms with Crippen LogP contribution in [-0.2, 0) is 22.3 Å². The predicted octanol–water partition coefficient (Wildman–Crippen LogP) is 7.24. The number of benzene rings is 4. The molecule has 0 aromatic heterocycles. The van der Waals surface area contributed by atoms with E-state index in [1.165, 1.54) is 0 Å². The van der Waals surface area contributed by atoms with E-state index in [1.807, 2.05) is 37.3 Å². The fraction of sp³-hybridized carbons (Fsp3) is 0.226. The predicted molar refractivity (Wildman–Crippen MR) is 153 cm³/mol. The largest absolute Gasteiger partial charge is 0.496 e. The van der Waals surface area contributed by atoms with Gasteiger partial charge in [-0.05, 0) is 78.7 Å². The summed E-state index contributed by atoms with van der Waals surface area (Å²) in [6.45, 7) is 2.66. The Kier molecular flexibility index (Phi) is 8.16. The molecule has 198 valence electrons. The first kappa shape index (κ1) is 27.7. The summed E-state index contributed by atoms with van der Waals surface area (Å²) in [5, 5.41) is 0. The van der Waals surface area contributed by atoms with Crippen LogP contribution in [0.4, 0.5) is 0 Å². The zero-order valence-corrected chi connectivity index (χ0v) is 23.9. The average Bonchev–Trinajstić information content (AvgIpc) is 2.89. The number of aryl methyl sites for hydroxylation is 1. The summed E-state index contributed by atoms with van der Waals surface area (Å²) < 4.78 is 38.4. The minimum Gasteiger partial charge on any atom is -0.496 e. The van der Waals surface area contributed by atoms with Crippen LogP contribution in [0.5, 0.6) is 17.2 Å². The van der Waals surface area contributed by atoms with Gasteiger partial charge in [0.2, 0.25) is 9.84 Å². The van der Waals surface area contributed by atoms with Crippen molar-refractivity contribution in [2.24, 2.45) is 0 Å². The maximum atomic E-state index is 13.0. The van der Waals surface area contributed by atoms with Gasteiger partial charge in [-0.3, -0.25) is 0 Å². The molecule has 0 atom stereocenters. The van der Waals surface area contributed by atoms with Crippen molar-refractivity contribution in [3.8, 4) is 28.4 Å². The molecule has 38 heavy (non-hydrogen) atoms. The SMILES string of the molecule is COc1ccc(-c2ccc(Oc3ccc(S(=O)(=O)c4ccc(C)cc4)cc3)c(C[N+](C)(C)C)c2)cc1CCl. The van der Waals surface area contributed by atoms with Crippen molar-refractivity contribution in [2.75, 3.05) is 28.3 Å². The molecule has 0 aliphatic rings. The minimum absolute atomic E-state index is 0.227. The van der Waals surface area contributed by atoms with E-state index >= 15 is 0 Å². The zero-order valence-electron chi connectivity index (χ0n) is 22.4. The average molecular weight is 551 g/mol. The van der Waals surface area contributed by atoms with Crippen LogP contribution in [0.3, 0.4) is 0 Å². The monoisotopic (exact) mass is 550 g/mol. The topological polar surface area (TPSA) is 52.6 Å². The van der Waals surface area contributed by atoms with E-state index in [0.29, 0.717) is 16.1 Å². The molecule has 0 bridgehead atoms. The third-order valence-electron chi connectivity index (χ3n) is 6.16. The third kappa shape index (κ3) is 6.38. The highest BCUT2D eigenvalue weighted by atomic mass is 35.5. The molecular weight excluding hydrogens is 518 g/mol. The van der Waals surface area contributed by atoms with E-state index in [4.69, 9.17) is 21.1 Å². The number of sulfone groups is 1. The van der Waals surface area contributed by atoms with Gasteiger partial charge in [0.25, 0.3) is 0 Å². The van der Waals surface area contributed by atoms with Gasteiger partial charge in [0.15, 0.2) is 0 Å². The Labute approximate surface area is 230 Å². The Bertz CT molecular complexity index is 1520. The number of quaternary nitrogens is 1. The quantitative estimate of drug-likeness (QED) is 0.163. The van der Waals surface area contributed by atoms with Crippen molar-refractivity contribution in [1.29, 1.82) is 0 Å². The zero-order chi connectivity index (χ0) is 27.5. The number of hydrogen-bond donors (Lipinski definition) is 0. The number of alkyl halides is 1. The molecule has 0 unspecified atom stereocenters. The molecule has 0 spiro atoms. The van der Waals surface area contributed by atoms with Crippen LogP contribution in [0.1, 0.15) is 16.7 Å². The van der Waals surface area contributed by atoms with E-state index in [-0.39, 0.29) is 9.79 Å². The summed E-state index contributed by atoms with van der Waals surface area (Å²) in [6.07, 6.45) is 0. The summed E-state index contributed by atoms with van der Waals surface area (Å²) in [4.78, 5) is 0.499. The number of ether oxygens (including phenoxy) is 2. The first-order chi connectivity index (χ1) is 18.0. The van der Waals surface area contributed by atoms with Gasteiger partial charge in [0.05, 0.1) is 43.9 Å². The Morgan fingerprint density at radius 1 is 0.737 bits per heavy atom. The molecule has 0 aliphatic heterocycles. The van der Waals surface area contributed by atoms with Gasteiger partial charge in [-0.2, -0.15) is 0 Å². The van der Waals surface area contributed by atoms with E-state index in [2.05, 4.69) is 27.2 Å². The molecule has 0 heterocycles. The highest BCUT2D eigenvalue weighted by molar-refractivity contribution is 7.91. The van der Waals surface area contributed by atoms with Crippen LogP contribution in [0.25, 0.3) is 11.1 Å². The Hall–Kier alpha value is -3.32. The van der Waals surface area contributed by atoms with E-state index in [1.54, 1.807) is 55.6 Å². The highest BCUT2D eigenvalue weighted by Crippen LogP contribution is 2.34. The molecule has 4 rings (SSSR count). The molecule has 4 aromatic rings. The van der Waals surface area contributed by atoms with Gasteiger partial charge in [-0.1, -0.05) is 29.8 Å². The van der Waals surface area contributed by atoms with Gasteiger partial charge in [-0.15, -0.1) is 11.6 Å². The lowest BCUT2D eigenvalue weighted by atomic mass is 10.00. The lowest BCUT2D eigenvalue weighted by Gasteiger charge is -2.25. The van der Waals surface area contributed by atoms with Crippen molar-refractivity contribution in [3.63, 3.8) is 0 Å². The van der Waals surface area contributed by atoms with Crippen molar-refractivity contribution in [1.82, 2.24) is 0 Å². The molecule has 4 aromatic carbocycles. The Morgan fingerprint density at radius 3 is 1.79 bits per heavy atom. The number of nitrogens with zero attached hydrogens (tertiary/aromatic N) is 1. The molecule has 0 fully saturated rings. The molecule has 7 heteroatoms. The van der Waals surface area contributed by atoms with Gasteiger partial charge in [0, 0.05) is 11.1 Å². The van der Waals surface area contributed by atoms with E-state index in [9.17, 15) is 8.42 Å². The summed E-state index contributed by atoms with van der Waals surface area (Å²) in [5.41, 5.74) is 5.07. The Morgan fingerprint density at radius 2 is 1.26 bits per heavy atom. The van der Waals surface area contributed by atoms with Crippen LogP contribution in [0.2, 0.25) is 0 Å². The smallest absolute Gasteiger partial charge is 0.206 e. The fourth-order valence-electron chi connectivity index (χ4n) is 4.22. The van der Waals surface area contributed by atoms with E-state index < -0.39 is 9.84 Å². The van der Waals surface area contributed by atoms with Crippen LogP contribution in [0.15, 0.2) is 94.7 Å². The second-order valence-corrected chi connectivity index (χ2v) is 12.5. The number of hydrogen-bond acceptors (Lipinski definition) is 4. The molecule has 0 amide bonds. The number of halogens is 1. The fourth-order valence-corrected chi connectivity index (χ4v) is 5.69. The molecule has 0 N–H and O–H groups in total. The number of rotatable bonds is 9. The first-order valence-electron chi connectivity index (χ1n) is 12.3. The van der Waals surface area contributed by atoms with Gasteiger partial charge in [0.1, 0.15) is 23.8 Å². The Balaban J connectivity index is 1.64. The van der Waals surface area contributed by atoms with Gasteiger partial charge >= 0.3 is 0 Å². The summed E-state index contributed by atoms with van der Waals surface area (Å²) in [7, 11) is 4.41. The van der Waals surface area contributed by atoms with Gasteiger partial charge in [-0.25, -0.2) is 8.42 Å². The maximum absolute atomic E-state index is 13.0. The first-order valence-corrected chi connectivity index (χ1v) is 14.3. The maximum Gasteiger partial charge on any atom is 0.206 e. The van der Waals surface area contributed by atoms with Crippen LogP contribution in [0, 0.1) is 6.92 Å². The van der Waals surface area contributed by atoms with Crippen molar-refractivity contribution in [2.45, 2.75) is 29.1 Å². The molecule has 0 saturated heterocycles. The third-order valence-corrected chi connectivity index (χ3v) is 8.23. The second-order valence-electron chi connectivity index (χ2n) is 10.3. The van der Waals surface area contributed by atoms with Gasteiger partial charge < -0.3 is 14.0 Å². The van der Waals surface area contributed by atoms with Crippen LogP contribution < -0.4 is 9.47 Å². The molecule has 5 nitrogen and oxygen atoms in total. The minimum atomic E-state index is -3.60. The molecule has 0 aliphatic carbocycles. The van der Waals surface area contributed by atoms with Crippen molar-refractivity contribution in [3.05, 3.63) is 102 Å². The summed E-state index contributed by atoms with van der Waals surface area (Å²) in [5.74, 6) is 2.42. The highest BCUT2D eigenvalue weighted by Gasteiger charge is 2.19. The lowest BCUT2D eigenvalue weighted by Crippen LogP contribution is -2.33. The molecule has 0 radical (unpaired) electrons. The van der Waals surface area contributed by atoms with Crippen LogP contribution in [-0.4, -0.2) is 41.2 Å². The number of methoxy groups -OCH3 is 1. The van der Waals surface area contributed by atoms with Crippen molar-refractivity contribution < 1.29 is 22.4 Å². The van der Waals surface area contributed by atoms with Crippen LogP contribution >= 0.6 is 11.6 Å². The second kappa shape index (κ2) is 11.2. The summed E-state index contributed by atoms with van der Waals surface area (Å²) in [6, 6.07) is 25.5. The normalized spacial score (nSPS) is 11.8. The lowest BCUT2D eigenvalue weighted by molar-refractivity contribution is -0.884. The van der Waals surface area contributed by atoms with E-state index in [0.717, 1.165) is 45.9 Å². The summed E-state index contributed by atoms with van der Waals surface area (Å²) >= 11 is 6.14. The molecule has 0 saturated carbocycles. The molecular formula is C31H33ClNO4S+. The standard InChI is InChI=1S/C31H33ClNO4S/c1-22-6-12-28(13-7-22)38(34,35)29-14-10-27(11-15-29)37-31-17-9-24(19-26(31)21-33(2,3)4)23-8-16-30(36-5)25(18-23)20-32/h6-19H,20-21H2,1-5H3/q+1.